The molecule has 2 aliphatic heterocycles. The molecular formula is C26H34N6O. The molecule has 3 heterocycles. The minimum Gasteiger partial charge on any atom is -0.338 e. The average Bonchev–Trinajstić information content (AvgIpc) is 3.30. The molecule has 2 aliphatic rings. The van der Waals surface area contributed by atoms with Crippen LogP contribution in [-0.2, 0) is 6.54 Å². The second-order valence-electron chi connectivity index (χ2n) is 9.47. The summed E-state index contributed by atoms with van der Waals surface area (Å²) in [7, 11) is 0. The molecule has 2 fully saturated rings. The summed E-state index contributed by atoms with van der Waals surface area (Å²) in [5.74, 6) is 0.712. The topological polar surface area (TPSA) is 66.3 Å². The second kappa shape index (κ2) is 10.3. The zero-order valence-electron chi connectivity index (χ0n) is 19.3. The molecule has 3 aromatic rings. The van der Waals surface area contributed by atoms with E-state index in [4.69, 9.17) is 0 Å². The van der Waals surface area contributed by atoms with Crippen LogP contribution in [0.2, 0.25) is 0 Å². The first-order valence-corrected chi connectivity index (χ1v) is 12.4. The van der Waals surface area contributed by atoms with E-state index in [0.717, 1.165) is 69.6 Å². The number of piperidine rings is 2. The Hall–Kier alpha value is -2.93. The number of benzene rings is 2. The van der Waals surface area contributed by atoms with E-state index in [9.17, 15) is 4.79 Å². The molecule has 0 saturated carbocycles. The number of carbonyl (C=O) groups is 1. The van der Waals surface area contributed by atoms with Crippen LogP contribution in [0, 0.1) is 5.92 Å². The fourth-order valence-electron chi connectivity index (χ4n) is 5.24. The lowest BCUT2D eigenvalue weighted by Gasteiger charge is -2.33. The van der Waals surface area contributed by atoms with Crippen molar-refractivity contribution in [1.82, 2.24) is 30.1 Å². The molecule has 5 rings (SSSR count). The van der Waals surface area contributed by atoms with Crippen molar-refractivity contribution in [2.24, 2.45) is 5.92 Å². The number of rotatable bonds is 6. The molecule has 33 heavy (non-hydrogen) atoms. The number of carbonyl (C=O) groups excluding carboxylic acids is 1. The van der Waals surface area contributed by atoms with Crippen molar-refractivity contribution in [3.8, 4) is 0 Å². The van der Waals surface area contributed by atoms with Gasteiger partial charge in [-0.05, 0) is 68.8 Å². The van der Waals surface area contributed by atoms with Crippen LogP contribution in [0.4, 0.5) is 4.79 Å². The molecule has 0 aliphatic carbocycles. The van der Waals surface area contributed by atoms with Gasteiger partial charge in [0.15, 0.2) is 0 Å². The van der Waals surface area contributed by atoms with Gasteiger partial charge in [-0.25, -0.2) is 9.48 Å². The van der Waals surface area contributed by atoms with Crippen molar-refractivity contribution >= 4 is 17.1 Å². The highest BCUT2D eigenvalue weighted by Crippen LogP contribution is 2.25. The van der Waals surface area contributed by atoms with Crippen LogP contribution in [0.15, 0.2) is 54.6 Å². The van der Waals surface area contributed by atoms with Crippen LogP contribution in [0.5, 0.6) is 0 Å². The van der Waals surface area contributed by atoms with Crippen molar-refractivity contribution < 1.29 is 4.79 Å². The third-order valence-corrected chi connectivity index (χ3v) is 7.26. The monoisotopic (exact) mass is 446 g/mol. The van der Waals surface area contributed by atoms with Crippen molar-refractivity contribution in [2.45, 2.75) is 44.7 Å². The number of para-hydroxylation sites is 1. The van der Waals surface area contributed by atoms with Crippen LogP contribution in [0.1, 0.15) is 43.7 Å². The van der Waals surface area contributed by atoms with Crippen LogP contribution in [-0.4, -0.2) is 63.5 Å². The Morgan fingerprint density at radius 2 is 1.64 bits per heavy atom. The maximum absolute atomic E-state index is 12.7. The summed E-state index contributed by atoms with van der Waals surface area (Å²) in [5.41, 5.74) is 3.41. The van der Waals surface area contributed by atoms with Gasteiger partial charge in [-0.1, -0.05) is 47.7 Å². The first-order chi connectivity index (χ1) is 16.3. The first-order valence-electron chi connectivity index (χ1n) is 12.4. The maximum atomic E-state index is 12.7. The highest BCUT2D eigenvalue weighted by Gasteiger charge is 2.26. The summed E-state index contributed by atoms with van der Waals surface area (Å²) in [6, 6.07) is 19.2. The first kappa shape index (κ1) is 21.9. The summed E-state index contributed by atoms with van der Waals surface area (Å²) < 4.78 is 2.04. The molecule has 0 atom stereocenters. The number of hydrogen-bond acceptors (Lipinski definition) is 4. The Morgan fingerprint density at radius 3 is 2.42 bits per heavy atom. The number of nitrogens with one attached hydrogen (secondary N) is 1. The standard InChI is InChI=1S/C26H34N6O/c33-26(27-15-10-21-11-16-30(17-12-21)20-22-6-2-1-3-7-22)31-18-13-23(14-19-31)32-25-9-5-4-8-24(25)28-29-32/h1-9,21,23H,10-20H2,(H,27,33). The van der Waals surface area contributed by atoms with Crippen molar-refractivity contribution in [3.63, 3.8) is 0 Å². The molecule has 0 spiro atoms. The van der Waals surface area contributed by atoms with Gasteiger partial charge in [0, 0.05) is 26.2 Å². The van der Waals surface area contributed by atoms with E-state index in [2.05, 4.69) is 56.9 Å². The number of fused-ring (bicyclic) bond motifs is 1. The minimum absolute atomic E-state index is 0.0819. The second-order valence-corrected chi connectivity index (χ2v) is 9.47. The summed E-state index contributed by atoms with van der Waals surface area (Å²) in [4.78, 5) is 17.2. The zero-order chi connectivity index (χ0) is 22.5. The highest BCUT2D eigenvalue weighted by atomic mass is 16.2. The van der Waals surface area contributed by atoms with Crippen molar-refractivity contribution in [1.29, 1.82) is 0 Å². The predicted octanol–water partition coefficient (Wildman–Crippen LogP) is 4.08. The lowest BCUT2D eigenvalue weighted by atomic mass is 9.93. The fraction of sp³-hybridized carbons (Fsp3) is 0.500. The third-order valence-electron chi connectivity index (χ3n) is 7.26. The lowest BCUT2D eigenvalue weighted by Crippen LogP contribution is -2.45. The molecule has 1 N–H and O–H groups in total. The number of nitrogens with zero attached hydrogens (tertiary/aromatic N) is 5. The molecule has 7 nitrogen and oxygen atoms in total. The molecule has 2 aromatic carbocycles. The van der Waals surface area contributed by atoms with Crippen LogP contribution < -0.4 is 5.32 Å². The van der Waals surface area contributed by atoms with E-state index in [1.165, 1.54) is 18.4 Å². The Morgan fingerprint density at radius 1 is 0.909 bits per heavy atom. The van der Waals surface area contributed by atoms with Crippen LogP contribution in [0.25, 0.3) is 11.0 Å². The number of urea groups is 1. The van der Waals surface area contributed by atoms with Crippen molar-refractivity contribution in [2.75, 3.05) is 32.7 Å². The number of amides is 2. The Balaban J connectivity index is 1.01. The van der Waals surface area contributed by atoms with E-state index < -0.39 is 0 Å². The van der Waals surface area contributed by atoms with Gasteiger partial charge in [-0.15, -0.1) is 5.10 Å². The quantitative estimate of drug-likeness (QED) is 0.620. The number of aromatic nitrogens is 3. The Labute approximate surface area is 195 Å². The van der Waals surface area contributed by atoms with Crippen LogP contribution >= 0.6 is 0 Å². The smallest absolute Gasteiger partial charge is 0.317 e. The molecule has 0 bridgehead atoms. The van der Waals surface area contributed by atoms with Gasteiger partial charge in [0.05, 0.1) is 11.6 Å². The van der Waals surface area contributed by atoms with Crippen LogP contribution in [0.3, 0.4) is 0 Å². The summed E-state index contributed by atoms with van der Waals surface area (Å²) in [6.07, 6.45) is 5.35. The van der Waals surface area contributed by atoms with Gasteiger partial charge in [-0.3, -0.25) is 4.90 Å². The van der Waals surface area contributed by atoms with E-state index in [1.54, 1.807) is 0 Å². The van der Waals surface area contributed by atoms with Gasteiger partial charge in [0.25, 0.3) is 0 Å². The van der Waals surface area contributed by atoms with E-state index in [0.29, 0.717) is 12.0 Å². The molecule has 174 valence electrons. The number of likely N-dealkylation sites (tertiary alicyclic amines) is 2. The van der Waals surface area contributed by atoms with Gasteiger partial charge in [-0.2, -0.15) is 0 Å². The lowest BCUT2D eigenvalue weighted by molar-refractivity contribution is 0.161. The Bertz CT molecular complexity index is 1040. The molecule has 2 saturated heterocycles. The van der Waals surface area contributed by atoms with Crippen molar-refractivity contribution in [3.05, 3.63) is 60.2 Å². The largest absolute Gasteiger partial charge is 0.338 e. The SMILES string of the molecule is O=C(NCCC1CCN(Cc2ccccc2)CC1)N1CCC(n2nnc3ccccc32)CC1. The Kier molecular flexibility index (Phi) is 6.86. The van der Waals surface area contributed by atoms with E-state index in [1.807, 2.05) is 27.8 Å². The fourth-order valence-corrected chi connectivity index (χ4v) is 5.24. The van der Waals surface area contributed by atoms with Gasteiger partial charge >= 0.3 is 6.03 Å². The summed E-state index contributed by atoms with van der Waals surface area (Å²) in [5, 5.41) is 11.8. The normalized spacial score (nSPS) is 18.6. The van der Waals surface area contributed by atoms with E-state index in [-0.39, 0.29) is 6.03 Å². The zero-order valence-corrected chi connectivity index (χ0v) is 19.3. The summed E-state index contributed by atoms with van der Waals surface area (Å²) in [6.45, 7) is 5.65. The van der Waals surface area contributed by atoms with E-state index >= 15 is 0 Å². The maximum Gasteiger partial charge on any atom is 0.317 e. The van der Waals surface area contributed by atoms with Gasteiger partial charge in [0.1, 0.15) is 5.52 Å². The van der Waals surface area contributed by atoms with Gasteiger partial charge < -0.3 is 10.2 Å². The average molecular weight is 447 g/mol. The van der Waals surface area contributed by atoms with Gasteiger partial charge in [0.2, 0.25) is 0 Å². The molecular weight excluding hydrogens is 412 g/mol. The molecule has 0 unspecified atom stereocenters. The molecule has 1 aromatic heterocycles. The highest BCUT2D eigenvalue weighted by molar-refractivity contribution is 5.75. The molecule has 0 radical (unpaired) electrons. The summed E-state index contributed by atoms with van der Waals surface area (Å²) >= 11 is 0. The number of hydrogen-bond donors (Lipinski definition) is 1. The predicted molar refractivity (Wildman–Crippen MR) is 130 cm³/mol. The third kappa shape index (κ3) is 5.36. The molecule has 2 amide bonds. The minimum atomic E-state index is 0.0819. The molecule has 7 heteroatoms.